The summed E-state index contributed by atoms with van der Waals surface area (Å²) in [5, 5.41) is 7.81. The minimum Gasteiger partial charge on any atom is -0.368 e. The lowest BCUT2D eigenvalue weighted by Gasteiger charge is -2.36. The molecule has 5 rings (SSSR count). The van der Waals surface area contributed by atoms with E-state index >= 15 is 0 Å². The second-order valence-electron chi connectivity index (χ2n) is 8.68. The third kappa shape index (κ3) is 4.58. The molecule has 0 saturated carbocycles. The van der Waals surface area contributed by atoms with Crippen molar-refractivity contribution in [2.75, 3.05) is 38.2 Å². The second-order valence-corrected chi connectivity index (χ2v) is 9.54. The number of nitrogens with zero attached hydrogens (tertiary/aromatic N) is 5. The average Bonchev–Trinajstić information content (AvgIpc) is 3.55. The Kier molecular flexibility index (Phi) is 6.74. The Bertz CT molecular complexity index is 1430. The van der Waals surface area contributed by atoms with Gasteiger partial charge in [-0.25, -0.2) is 14.8 Å². The molecule has 0 radical (unpaired) electrons. The molecule has 0 spiro atoms. The number of anilines is 1. The number of benzene rings is 2. The van der Waals surface area contributed by atoms with Gasteiger partial charge in [0.05, 0.1) is 18.8 Å². The highest BCUT2D eigenvalue weighted by molar-refractivity contribution is 7.10. The molecule has 2 aromatic carbocycles. The predicted molar refractivity (Wildman–Crippen MR) is 141 cm³/mol. The smallest absolute Gasteiger partial charge is 0.273 e. The maximum absolute atomic E-state index is 12.8. The van der Waals surface area contributed by atoms with E-state index in [9.17, 15) is 4.79 Å². The lowest BCUT2D eigenvalue weighted by Crippen LogP contribution is -2.48. The van der Waals surface area contributed by atoms with Gasteiger partial charge in [-0.2, -0.15) is 5.10 Å². The number of hydrogen-bond acceptors (Lipinski definition) is 7. The molecule has 8 nitrogen and oxygen atoms in total. The standard InChI is InChI=1S/C27H27N5O3S/c1-5-26-29-24(17-36-26)27(33)32-12-10-31(11-13-32)21-8-6-19(7-9-21)22-14-20(18(2)35-34-4)15-25-23(22)16-28-30(25)3/h1,6-9,14-18H,10-13H2,2-4H3. The summed E-state index contributed by atoms with van der Waals surface area (Å²) in [7, 11) is 3.45. The molecular formula is C27H27N5O3S. The van der Waals surface area contributed by atoms with E-state index in [2.05, 4.69) is 57.3 Å². The highest BCUT2D eigenvalue weighted by atomic mass is 32.1. The van der Waals surface area contributed by atoms with Gasteiger partial charge < -0.3 is 9.80 Å². The lowest BCUT2D eigenvalue weighted by atomic mass is 9.97. The van der Waals surface area contributed by atoms with Crippen LogP contribution in [0.4, 0.5) is 5.69 Å². The zero-order valence-electron chi connectivity index (χ0n) is 20.5. The predicted octanol–water partition coefficient (Wildman–Crippen LogP) is 4.28. The average molecular weight is 502 g/mol. The number of fused-ring (bicyclic) bond motifs is 1. The van der Waals surface area contributed by atoms with E-state index in [4.69, 9.17) is 16.2 Å². The Hall–Kier alpha value is -3.71. The van der Waals surface area contributed by atoms with Gasteiger partial charge >= 0.3 is 0 Å². The topological polar surface area (TPSA) is 72.7 Å². The van der Waals surface area contributed by atoms with Crippen molar-refractivity contribution < 1.29 is 14.6 Å². The molecule has 0 N–H and O–H groups in total. The first-order valence-corrected chi connectivity index (χ1v) is 12.6. The van der Waals surface area contributed by atoms with Crippen LogP contribution < -0.4 is 4.90 Å². The summed E-state index contributed by atoms with van der Waals surface area (Å²) in [5.41, 5.74) is 5.81. The molecule has 1 atom stereocenters. The third-order valence-electron chi connectivity index (χ3n) is 6.56. The van der Waals surface area contributed by atoms with Crippen LogP contribution in [0.15, 0.2) is 48.0 Å². The number of terminal acetylenes is 1. The van der Waals surface area contributed by atoms with Crippen molar-refractivity contribution in [2.45, 2.75) is 13.0 Å². The van der Waals surface area contributed by atoms with Crippen LogP contribution in [0.3, 0.4) is 0 Å². The SMILES string of the molecule is C#Cc1nc(C(=O)N2CCN(c3ccc(-c4cc(C(C)OOC)cc5c4cnn5C)cc3)CC2)cs1. The van der Waals surface area contributed by atoms with Crippen molar-refractivity contribution in [2.24, 2.45) is 7.05 Å². The van der Waals surface area contributed by atoms with Crippen molar-refractivity contribution in [3.63, 3.8) is 0 Å². The van der Waals surface area contributed by atoms with Gasteiger partial charge in [0.1, 0.15) is 11.8 Å². The second kappa shape index (κ2) is 10.1. The van der Waals surface area contributed by atoms with Gasteiger partial charge in [-0.15, -0.1) is 17.8 Å². The summed E-state index contributed by atoms with van der Waals surface area (Å²) in [6.45, 7) is 4.75. The van der Waals surface area contributed by atoms with Gasteiger partial charge in [0.25, 0.3) is 5.91 Å². The van der Waals surface area contributed by atoms with E-state index in [-0.39, 0.29) is 12.0 Å². The van der Waals surface area contributed by atoms with Crippen LogP contribution in [0.5, 0.6) is 0 Å². The van der Waals surface area contributed by atoms with Crippen molar-refractivity contribution in [1.82, 2.24) is 19.7 Å². The van der Waals surface area contributed by atoms with Gasteiger partial charge in [-0.05, 0) is 53.8 Å². The monoisotopic (exact) mass is 501 g/mol. The molecule has 9 heteroatoms. The number of carbonyl (C=O) groups excluding carboxylic acids is 1. The minimum atomic E-state index is -0.214. The van der Waals surface area contributed by atoms with Gasteiger partial charge in [0, 0.05) is 49.7 Å². The van der Waals surface area contributed by atoms with Gasteiger partial charge in [-0.3, -0.25) is 9.48 Å². The third-order valence-corrected chi connectivity index (χ3v) is 7.33. The van der Waals surface area contributed by atoms with Crippen LogP contribution in [-0.4, -0.2) is 58.9 Å². The zero-order valence-corrected chi connectivity index (χ0v) is 21.3. The Balaban J connectivity index is 1.32. The number of piperazine rings is 1. The number of hydrogen-bond donors (Lipinski definition) is 0. The number of thiazole rings is 1. The summed E-state index contributed by atoms with van der Waals surface area (Å²) in [5.74, 6) is 2.43. The highest BCUT2D eigenvalue weighted by Gasteiger charge is 2.24. The lowest BCUT2D eigenvalue weighted by molar-refractivity contribution is -0.303. The molecule has 2 aromatic heterocycles. The normalized spacial score (nSPS) is 14.7. The van der Waals surface area contributed by atoms with Crippen LogP contribution >= 0.6 is 11.3 Å². The summed E-state index contributed by atoms with van der Waals surface area (Å²) in [6.07, 6.45) is 7.07. The van der Waals surface area contributed by atoms with Crippen LogP contribution in [0.1, 0.15) is 34.1 Å². The largest absolute Gasteiger partial charge is 0.368 e. The van der Waals surface area contributed by atoms with Crippen LogP contribution in [0.25, 0.3) is 22.0 Å². The first kappa shape index (κ1) is 24.0. The summed E-state index contributed by atoms with van der Waals surface area (Å²) in [6, 6.07) is 12.8. The van der Waals surface area contributed by atoms with Crippen LogP contribution in [0.2, 0.25) is 0 Å². The van der Waals surface area contributed by atoms with Gasteiger partial charge in [0.2, 0.25) is 0 Å². The van der Waals surface area contributed by atoms with E-state index in [1.54, 1.807) is 5.38 Å². The number of carbonyl (C=O) groups is 1. The fourth-order valence-electron chi connectivity index (χ4n) is 4.56. The molecule has 1 saturated heterocycles. The Morgan fingerprint density at radius 2 is 1.92 bits per heavy atom. The molecule has 0 bridgehead atoms. The van der Waals surface area contributed by atoms with Crippen molar-refractivity contribution in [3.8, 4) is 23.5 Å². The Labute approximate surface area is 214 Å². The molecule has 1 fully saturated rings. The summed E-state index contributed by atoms with van der Waals surface area (Å²) < 4.78 is 1.87. The van der Waals surface area contributed by atoms with E-state index in [0.717, 1.165) is 46.4 Å². The van der Waals surface area contributed by atoms with E-state index in [1.807, 2.05) is 29.7 Å². The van der Waals surface area contributed by atoms with Crippen molar-refractivity contribution in [1.29, 1.82) is 0 Å². The van der Waals surface area contributed by atoms with Gasteiger partial charge in [0.15, 0.2) is 5.01 Å². The fraction of sp³-hybridized carbons (Fsp3) is 0.296. The first-order chi connectivity index (χ1) is 17.5. The first-order valence-electron chi connectivity index (χ1n) is 11.7. The van der Waals surface area contributed by atoms with E-state index in [0.29, 0.717) is 23.8 Å². The summed E-state index contributed by atoms with van der Waals surface area (Å²) in [4.78, 5) is 31.4. The molecule has 36 heavy (non-hydrogen) atoms. The molecule has 4 aromatic rings. The van der Waals surface area contributed by atoms with Crippen molar-refractivity contribution in [3.05, 3.63) is 64.2 Å². The van der Waals surface area contributed by atoms with E-state index in [1.165, 1.54) is 18.4 Å². The molecule has 3 heterocycles. The minimum absolute atomic E-state index is 0.0604. The number of aryl methyl sites for hydroxylation is 1. The molecule has 1 aliphatic rings. The maximum Gasteiger partial charge on any atom is 0.273 e. The van der Waals surface area contributed by atoms with Crippen molar-refractivity contribution >= 4 is 33.8 Å². The molecule has 184 valence electrons. The summed E-state index contributed by atoms with van der Waals surface area (Å²) >= 11 is 1.32. The zero-order chi connectivity index (χ0) is 25.2. The van der Waals surface area contributed by atoms with E-state index < -0.39 is 0 Å². The van der Waals surface area contributed by atoms with Crippen LogP contribution in [-0.2, 0) is 16.8 Å². The molecule has 1 amide bonds. The Morgan fingerprint density at radius 3 is 2.58 bits per heavy atom. The number of amides is 1. The molecular weight excluding hydrogens is 474 g/mol. The fourth-order valence-corrected chi connectivity index (χ4v) is 5.16. The maximum atomic E-state index is 12.8. The molecule has 0 aliphatic carbocycles. The van der Waals surface area contributed by atoms with Gasteiger partial charge in [-0.1, -0.05) is 12.1 Å². The van der Waals surface area contributed by atoms with Crippen LogP contribution in [0, 0.1) is 12.3 Å². The number of rotatable bonds is 6. The number of aromatic nitrogens is 3. The Morgan fingerprint density at radius 1 is 1.17 bits per heavy atom. The molecule has 1 aliphatic heterocycles. The highest BCUT2D eigenvalue weighted by Crippen LogP contribution is 2.34. The molecule has 1 unspecified atom stereocenters. The quantitative estimate of drug-likeness (QED) is 0.223.